The molecule has 0 spiro atoms. The van der Waals surface area contributed by atoms with Crippen molar-refractivity contribution in [3.8, 4) is 16.9 Å². The molecule has 0 unspecified atom stereocenters. The van der Waals surface area contributed by atoms with E-state index in [0.29, 0.717) is 29.4 Å². The molecule has 2 atom stereocenters. The Morgan fingerprint density at radius 3 is 1.92 bits per heavy atom. The van der Waals surface area contributed by atoms with Crippen molar-refractivity contribution >= 4 is 37.7 Å². The molecule has 0 saturated heterocycles. The normalized spacial score (nSPS) is 12.4. The van der Waals surface area contributed by atoms with E-state index < -0.39 is 38.2 Å². The van der Waals surface area contributed by atoms with Crippen LogP contribution in [-0.2, 0) is 49.9 Å². The van der Waals surface area contributed by atoms with E-state index in [1.165, 1.54) is 7.11 Å². The molecule has 0 saturated carbocycles. The van der Waals surface area contributed by atoms with Crippen molar-refractivity contribution in [1.82, 2.24) is 10.6 Å². The van der Waals surface area contributed by atoms with Crippen LogP contribution in [0.25, 0.3) is 11.1 Å². The van der Waals surface area contributed by atoms with E-state index >= 15 is 0 Å². The molecule has 1 amide bonds. The Bertz CT molecular complexity index is 1750. The van der Waals surface area contributed by atoms with E-state index in [1.807, 2.05) is 91.0 Å². The highest BCUT2D eigenvalue weighted by Gasteiger charge is 2.27. The van der Waals surface area contributed by atoms with Crippen molar-refractivity contribution in [3.63, 3.8) is 0 Å². The van der Waals surface area contributed by atoms with Gasteiger partial charge in [-0.05, 0) is 77.2 Å². The van der Waals surface area contributed by atoms with Crippen LogP contribution in [0.1, 0.15) is 22.3 Å². The van der Waals surface area contributed by atoms with Gasteiger partial charge in [-0.1, -0.05) is 104 Å². The summed E-state index contributed by atoms with van der Waals surface area (Å²) in [4.78, 5) is 39.0. The van der Waals surface area contributed by atoms with Crippen molar-refractivity contribution in [3.05, 3.63) is 124 Å². The van der Waals surface area contributed by atoms with Crippen molar-refractivity contribution in [2.75, 3.05) is 20.8 Å². The second-order valence-electron chi connectivity index (χ2n) is 13.4. The standard InChI is InChI=1S/C40H47ClN2O7Si/c1-42-35(38(44)47-2)24-32-22-30(16-18-34(32)41)31-17-19-37(49-26-28-12-8-6-9-13-28)33(23-31)25-36(39(45)48-20-21-51(3,4)5)43-40(46)50-27-29-14-10-7-11-15-29/h6-19,22-23,35-36,42H,20-21,24-27H2,1-5H3,(H,43,46)/t35-,36-/m0/s1. The Hall–Kier alpha value is -4.64. The average molecular weight is 731 g/mol. The minimum absolute atomic E-state index is 0.0499. The molecule has 0 radical (unpaired) electrons. The number of halogens is 1. The number of rotatable bonds is 17. The summed E-state index contributed by atoms with van der Waals surface area (Å²) in [5.74, 6) is -0.394. The van der Waals surface area contributed by atoms with Crippen LogP contribution >= 0.6 is 11.6 Å². The highest BCUT2D eigenvalue weighted by atomic mass is 35.5. The third-order valence-electron chi connectivity index (χ3n) is 8.24. The molecule has 2 N–H and O–H groups in total. The number of methoxy groups -OCH3 is 1. The number of ether oxygens (including phenoxy) is 4. The number of esters is 2. The molecule has 4 aromatic carbocycles. The average Bonchev–Trinajstić information content (AvgIpc) is 3.12. The van der Waals surface area contributed by atoms with E-state index in [4.69, 9.17) is 30.5 Å². The number of hydrogen-bond donors (Lipinski definition) is 2. The van der Waals surface area contributed by atoms with Gasteiger partial charge in [0.15, 0.2) is 0 Å². The quantitative estimate of drug-likeness (QED) is 0.0649. The first-order chi connectivity index (χ1) is 24.5. The topological polar surface area (TPSA) is 112 Å². The zero-order chi connectivity index (χ0) is 36.8. The van der Waals surface area contributed by atoms with Gasteiger partial charge in [0.1, 0.15) is 31.0 Å². The lowest BCUT2D eigenvalue weighted by Crippen LogP contribution is -2.44. The van der Waals surface area contributed by atoms with Gasteiger partial charge in [0.05, 0.1) is 13.7 Å². The summed E-state index contributed by atoms with van der Waals surface area (Å²) in [7, 11) is 1.55. The Balaban J connectivity index is 1.66. The van der Waals surface area contributed by atoms with Crippen molar-refractivity contribution in [2.45, 2.75) is 63.8 Å². The highest BCUT2D eigenvalue weighted by Crippen LogP contribution is 2.31. The van der Waals surface area contributed by atoms with Crippen LogP contribution < -0.4 is 15.4 Å². The molecular weight excluding hydrogens is 684 g/mol. The van der Waals surface area contributed by atoms with Gasteiger partial charge in [0, 0.05) is 19.5 Å². The summed E-state index contributed by atoms with van der Waals surface area (Å²) < 4.78 is 22.5. The van der Waals surface area contributed by atoms with E-state index in [1.54, 1.807) is 13.1 Å². The summed E-state index contributed by atoms with van der Waals surface area (Å²) >= 11 is 6.57. The lowest BCUT2D eigenvalue weighted by molar-refractivity contribution is -0.145. The summed E-state index contributed by atoms with van der Waals surface area (Å²) in [5.41, 5.74) is 4.90. The van der Waals surface area contributed by atoms with Gasteiger partial charge in [0.25, 0.3) is 0 Å². The monoisotopic (exact) mass is 730 g/mol. The van der Waals surface area contributed by atoms with Crippen LogP contribution in [0.5, 0.6) is 5.75 Å². The van der Waals surface area contributed by atoms with Gasteiger partial charge in [-0.3, -0.25) is 4.79 Å². The largest absolute Gasteiger partial charge is 0.489 e. The molecule has 0 aromatic heterocycles. The minimum Gasteiger partial charge on any atom is -0.489 e. The summed E-state index contributed by atoms with van der Waals surface area (Å²) in [5, 5.41) is 6.26. The Labute approximate surface area is 306 Å². The predicted molar refractivity (Wildman–Crippen MR) is 203 cm³/mol. The van der Waals surface area contributed by atoms with Gasteiger partial charge in [-0.15, -0.1) is 0 Å². The number of nitrogens with one attached hydrogen (secondary N) is 2. The van der Waals surface area contributed by atoms with E-state index in [9.17, 15) is 14.4 Å². The van der Waals surface area contributed by atoms with Crippen molar-refractivity contribution in [1.29, 1.82) is 0 Å². The fraction of sp³-hybridized carbons (Fsp3) is 0.325. The molecule has 0 aliphatic rings. The maximum atomic E-state index is 13.6. The fourth-order valence-corrected chi connectivity index (χ4v) is 6.16. The molecule has 0 aliphatic heterocycles. The van der Waals surface area contributed by atoms with Gasteiger partial charge < -0.3 is 29.6 Å². The van der Waals surface area contributed by atoms with Crippen LogP contribution in [0.4, 0.5) is 4.79 Å². The number of hydrogen-bond acceptors (Lipinski definition) is 8. The van der Waals surface area contributed by atoms with Crippen molar-refractivity contribution in [2.24, 2.45) is 0 Å². The predicted octanol–water partition coefficient (Wildman–Crippen LogP) is 7.61. The molecule has 51 heavy (non-hydrogen) atoms. The van der Waals surface area contributed by atoms with Gasteiger partial charge in [0.2, 0.25) is 0 Å². The number of alkyl carbamates (subject to hydrolysis) is 1. The van der Waals surface area contributed by atoms with Crippen LogP contribution in [0, 0.1) is 0 Å². The smallest absolute Gasteiger partial charge is 0.408 e. The summed E-state index contributed by atoms with van der Waals surface area (Å²) in [6, 6.07) is 29.6. The first kappa shape index (κ1) is 39.1. The van der Waals surface area contributed by atoms with Gasteiger partial charge in [-0.2, -0.15) is 0 Å². The second-order valence-corrected chi connectivity index (χ2v) is 19.4. The first-order valence-corrected chi connectivity index (χ1v) is 21.0. The van der Waals surface area contributed by atoms with E-state index in [2.05, 4.69) is 30.3 Å². The minimum atomic E-state index is -1.49. The molecule has 4 aromatic rings. The Morgan fingerprint density at radius 2 is 1.31 bits per heavy atom. The maximum Gasteiger partial charge on any atom is 0.408 e. The third-order valence-corrected chi connectivity index (χ3v) is 10.3. The maximum absolute atomic E-state index is 13.6. The third kappa shape index (κ3) is 12.6. The molecule has 9 nitrogen and oxygen atoms in total. The van der Waals surface area contributed by atoms with Crippen molar-refractivity contribution < 1.29 is 33.3 Å². The lowest BCUT2D eigenvalue weighted by Gasteiger charge is -2.21. The molecule has 0 fully saturated rings. The van der Waals surface area contributed by atoms with E-state index in [-0.39, 0.29) is 19.6 Å². The zero-order valence-electron chi connectivity index (χ0n) is 29.9. The summed E-state index contributed by atoms with van der Waals surface area (Å²) in [6.45, 7) is 7.22. The summed E-state index contributed by atoms with van der Waals surface area (Å²) in [6.07, 6.45) is -0.336. The van der Waals surface area contributed by atoms with Gasteiger partial charge in [-0.25, -0.2) is 9.59 Å². The molecule has 11 heteroatoms. The Kier molecular flexibility index (Phi) is 14.7. The van der Waals surface area contributed by atoms with Crippen LogP contribution in [0.3, 0.4) is 0 Å². The fourth-order valence-electron chi connectivity index (χ4n) is 5.25. The first-order valence-electron chi connectivity index (χ1n) is 16.9. The molecule has 4 rings (SSSR count). The molecule has 0 aliphatic carbocycles. The number of carbonyl (C=O) groups excluding carboxylic acids is 3. The SMILES string of the molecule is CN[C@@H](Cc1cc(-c2ccc(OCc3ccccc3)c(C[C@H](NC(=O)OCc3ccccc3)C(=O)OCC[Si](C)(C)C)c2)ccc1Cl)C(=O)OC. The number of amides is 1. The number of carbonyl (C=O) groups is 3. The molecule has 270 valence electrons. The van der Waals surface area contributed by atoms with Gasteiger partial charge >= 0.3 is 18.0 Å². The second kappa shape index (κ2) is 19.1. The molecule has 0 heterocycles. The lowest BCUT2D eigenvalue weighted by atomic mass is 9.96. The van der Waals surface area contributed by atoms with Crippen LogP contribution in [-0.4, -0.2) is 59.0 Å². The van der Waals surface area contributed by atoms with Crippen LogP contribution in [0.2, 0.25) is 30.7 Å². The number of likely N-dealkylation sites (N-methyl/N-ethyl adjacent to an activating group) is 1. The highest BCUT2D eigenvalue weighted by molar-refractivity contribution is 6.76. The van der Waals surface area contributed by atoms with E-state index in [0.717, 1.165) is 33.9 Å². The Morgan fingerprint density at radius 1 is 0.725 bits per heavy atom. The molecule has 0 bridgehead atoms. The number of benzene rings is 4. The zero-order valence-corrected chi connectivity index (χ0v) is 31.6. The van der Waals surface area contributed by atoms with Crippen LogP contribution in [0.15, 0.2) is 97.1 Å². The molecular formula is C40H47ClN2O7Si.